The number of carbonyl (C=O) groups is 2. The van der Waals surface area contributed by atoms with Crippen molar-refractivity contribution in [2.45, 2.75) is 57.0 Å². The Kier molecular flexibility index (Phi) is 6.40. The average molecular weight is 623 g/mol. The van der Waals surface area contributed by atoms with E-state index in [-0.39, 0.29) is 30.4 Å². The molecule has 1 spiro atoms. The summed E-state index contributed by atoms with van der Waals surface area (Å²) in [5, 5.41) is 3.36. The molecule has 1 amide bonds. The molecule has 11 heteroatoms. The van der Waals surface area contributed by atoms with Crippen molar-refractivity contribution in [2.75, 3.05) is 19.0 Å². The van der Waals surface area contributed by atoms with Gasteiger partial charge in [0.25, 0.3) is 0 Å². The van der Waals surface area contributed by atoms with Gasteiger partial charge in [-0.05, 0) is 61.1 Å². The van der Waals surface area contributed by atoms with Crippen molar-refractivity contribution in [1.82, 2.24) is 19.3 Å². The van der Waals surface area contributed by atoms with Crippen LogP contribution in [0.4, 0.5) is 10.1 Å². The van der Waals surface area contributed by atoms with Crippen LogP contribution in [0.1, 0.15) is 70.5 Å². The van der Waals surface area contributed by atoms with Gasteiger partial charge in [-0.25, -0.2) is 19.2 Å². The molecule has 4 atom stereocenters. The van der Waals surface area contributed by atoms with Gasteiger partial charge in [0.15, 0.2) is 11.0 Å². The third-order valence-electron chi connectivity index (χ3n) is 9.64. The third kappa shape index (κ3) is 3.77. The fraction of sp³-hybridized carbons (Fsp3) is 0.375. The number of nitrogens with one attached hydrogen (secondary N) is 1. The molecule has 0 unspecified atom stereocenters. The fourth-order valence-electron chi connectivity index (χ4n) is 7.78. The first-order valence-electron chi connectivity index (χ1n) is 14.0. The van der Waals surface area contributed by atoms with Gasteiger partial charge < -0.3 is 14.5 Å². The molecule has 8 nitrogen and oxygen atoms in total. The Labute approximate surface area is 258 Å². The molecule has 2 aliphatic carbocycles. The summed E-state index contributed by atoms with van der Waals surface area (Å²) in [6.07, 6.45) is 6.19. The topological polar surface area (TPSA) is 88.8 Å². The van der Waals surface area contributed by atoms with E-state index in [1.165, 1.54) is 13.3 Å². The number of imidazole rings is 1. The molecule has 43 heavy (non-hydrogen) atoms. The Bertz CT molecular complexity index is 1860. The Morgan fingerprint density at radius 3 is 2.77 bits per heavy atom. The molecule has 8 rings (SSSR count). The highest BCUT2D eigenvalue weighted by Crippen LogP contribution is 2.65. The van der Waals surface area contributed by atoms with E-state index in [2.05, 4.69) is 15.2 Å². The largest absolute Gasteiger partial charge is 0.465 e. The normalized spacial score (nSPS) is 25.4. The quantitative estimate of drug-likeness (QED) is 0.213. The summed E-state index contributed by atoms with van der Waals surface area (Å²) in [6, 6.07) is 8.68. The number of anilines is 1. The van der Waals surface area contributed by atoms with Crippen LogP contribution in [0.2, 0.25) is 10.2 Å². The number of esters is 1. The Hall–Kier alpha value is -3.53. The lowest BCUT2D eigenvalue weighted by Gasteiger charge is -2.40. The number of nitrogens with zero attached hydrogens (tertiary/aromatic N) is 4. The molecule has 4 aromatic rings. The predicted octanol–water partition coefficient (Wildman–Crippen LogP) is 6.27. The molecular formula is C32H30Cl2FN5O3. The van der Waals surface area contributed by atoms with Crippen LogP contribution >= 0.6 is 23.2 Å². The van der Waals surface area contributed by atoms with Crippen LogP contribution in [-0.2, 0) is 21.5 Å². The van der Waals surface area contributed by atoms with E-state index in [9.17, 15) is 9.59 Å². The van der Waals surface area contributed by atoms with Crippen molar-refractivity contribution in [3.8, 4) is 0 Å². The van der Waals surface area contributed by atoms with Crippen molar-refractivity contribution in [3.63, 3.8) is 0 Å². The van der Waals surface area contributed by atoms with E-state index in [4.69, 9.17) is 32.9 Å². The van der Waals surface area contributed by atoms with Gasteiger partial charge in [-0.1, -0.05) is 36.7 Å². The van der Waals surface area contributed by atoms with Crippen molar-refractivity contribution < 1.29 is 18.7 Å². The lowest BCUT2D eigenvalue weighted by atomic mass is 9.71. The number of hydrogen-bond donors (Lipinski definition) is 1. The van der Waals surface area contributed by atoms with Gasteiger partial charge in [-0.15, -0.1) is 0 Å². The zero-order chi connectivity index (χ0) is 29.1. The van der Waals surface area contributed by atoms with Gasteiger partial charge in [0.05, 0.1) is 18.4 Å². The summed E-state index contributed by atoms with van der Waals surface area (Å²) in [7, 11) is 1.35. The molecule has 1 N–H and O–H groups in total. The number of aryl methyl sites for hydroxylation is 1. The summed E-state index contributed by atoms with van der Waals surface area (Å²) >= 11 is 12.6. The minimum Gasteiger partial charge on any atom is -0.465 e. The van der Waals surface area contributed by atoms with Crippen LogP contribution in [0.5, 0.6) is 0 Å². The molecule has 1 saturated heterocycles. The number of pyridine rings is 2. The van der Waals surface area contributed by atoms with Gasteiger partial charge in [0.2, 0.25) is 5.91 Å². The van der Waals surface area contributed by atoms with Gasteiger partial charge >= 0.3 is 5.97 Å². The van der Waals surface area contributed by atoms with E-state index >= 15 is 4.39 Å². The van der Waals surface area contributed by atoms with Gasteiger partial charge in [-0.3, -0.25) is 9.69 Å². The number of amides is 1. The lowest BCUT2D eigenvalue weighted by molar-refractivity contribution is -0.128. The summed E-state index contributed by atoms with van der Waals surface area (Å²) < 4.78 is 23.1. The Balaban J connectivity index is 0.00000300. The van der Waals surface area contributed by atoms with Crippen LogP contribution in [0, 0.1) is 18.7 Å². The molecule has 2 aliphatic heterocycles. The zero-order valence-electron chi connectivity index (χ0n) is 22.8. The molecular weight excluding hydrogens is 592 g/mol. The fourth-order valence-corrected chi connectivity index (χ4v) is 8.12. The molecule has 2 fully saturated rings. The number of benzene rings is 1. The monoisotopic (exact) mass is 621 g/mol. The maximum Gasteiger partial charge on any atom is 0.338 e. The second-order valence-corrected chi connectivity index (χ2v) is 12.6. The first-order chi connectivity index (χ1) is 20.2. The van der Waals surface area contributed by atoms with Crippen LogP contribution in [0.25, 0.3) is 5.65 Å². The maximum atomic E-state index is 16.1. The Morgan fingerprint density at radius 2 is 2.02 bits per heavy atom. The minimum absolute atomic E-state index is 0. The highest BCUT2D eigenvalue weighted by atomic mass is 35.5. The minimum atomic E-state index is -1.20. The average Bonchev–Trinajstić information content (AvgIpc) is 3.43. The summed E-state index contributed by atoms with van der Waals surface area (Å²) in [6.45, 7) is 2.57. The Morgan fingerprint density at radius 1 is 1.23 bits per heavy atom. The maximum absolute atomic E-state index is 16.1. The molecule has 0 radical (unpaired) electrons. The zero-order valence-corrected chi connectivity index (χ0v) is 24.3. The number of aromatic nitrogens is 3. The molecule has 222 valence electrons. The van der Waals surface area contributed by atoms with E-state index in [0.717, 1.165) is 35.4 Å². The number of halogens is 3. The van der Waals surface area contributed by atoms with Crippen LogP contribution in [-0.4, -0.2) is 50.8 Å². The standard InChI is InChI=1S/C31H26Cl2FN5O3.CH4/c1-14-12-38-22-11-21-24(27(22)37-23(38)10-18(14)29(40)42-2)25(17-7-8-35-28(33)26(17)34)31(39(21)13-15-3-4-15)19-6-5-16(32)9-20(19)36-30(31)41;/h5-10,12,15,21,24-25H,3-4,11,13H2,1-2H3,(H,36,41);1H4/t21-,24+,25-,31+;/m0./s1. The molecule has 5 heterocycles. The molecule has 0 bridgehead atoms. The van der Waals surface area contributed by atoms with E-state index < -0.39 is 23.2 Å². The van der Waals surface area contributed by atoms with Crippen molar-refractivity contribution >= 4 is 46.4 Å². The van der Waals surface area contributed by atoms with E-state index in [1.807, 2.05) is 23.6 Å². The first kappa shape index (κ1) is 28.3. The number of rotatable bonds is 4. The number of methoxy groups -OCH3 is 1. The van der Waals surface area contributed by atoms with Crippen molar-refractivity contribution in [3.05, 3.63) is 92.4 Å². The second kappa shape index (κ2) is 9.74. The predicted molar refractivity (Wildman–Crippen MR) is 161 cm³/mol. The molecule has 4 aliphatic rings. The van der Waals surface area contributed by atoms with Crippen LogP contribution < -0.4 is 5.32 Å². The molecule has 3 aromatic heterocycles. The van der Waals surface area contributed by atoms with Gasteiger partial charge in [0.1, 0.15) is 11.2 Å². The third-order valence-corrected chi connectivity index (χ3v) is 10.1. The summed E-state index contributed by atoms with van der Waals surface area (Å²) in [4.78, 5) is 38.2. The smallest absolute Gasteiger partial charge is 0.338 e. The number of ether oxygens (including phenoxy) is 1. The first-order valence-corrected chi connectivity index (χ1v) is 14.8. The second-order valence-electron chi connectivity index (χ2n) is 11.8. The number of hydrogen-bond acceptors (Lipinski definition) is 6. The highest BCUT2D eigenvalue weighted by Gasteiger charge is 2.69. The number of likely N-dealkylation sites (tertiary alicyclic amines) is 1. The summed E-state index contributed by atoms with van der Waals surface area (Å²) in [5.41, 5.74) is 4.14. The number of carbonyl (C=O) groups excluding carboxylic acids is 2. The molecule has 1 saturated carbocycles. The molecule has 1 aromatic carbocycles. The van der Waals surface area contributed by atoms with E-state index in [0.29, 0.717) is 46.4 Å². The van der Waals surface area contributed by atoms with Crippen molar-refractivity contribution in [2.24, 2.45) is 5.92 Å². The van der Waals surface area contributed by atoms with Gasteiger partial charge in [-0.2, -0.15) is 0 Å². The van der Waals surface area contributed by atoms with E-state index in [1.54, 1.807) is 24.3 Å². The van der Waals surface area contributed by atoms with Crippen LogP contribution in [0.3, 0.4) is 0 Å². The van der Waals surface area contributed by atoms with Gasteiger partial charge in [0, 0.05) is 65.2 Å². The summed E-state index contributed by atoms with van der Waals surface area (Å²) in [5.74, 6) is -1.81. The van der Waals surface area contributed by atoms with Crippen molar-refractivity contribution in [1.29, 1.82) is 0 Å². The SMILES string of the molecule is C.COC(=O)c1cc2nc3c(n2cc1C)C[C@H]1[C@@H]3[C@H](c2ccnc(Cl)c2F)[C@]2(C(=O)Nc3cc(Cl)ccc32)N1CC1CC1. The lowest BCUT2D eigenvalue weighted by Crippen LogP contribution is -2.53. The van der Waals surface area contributed by atoms with Crippen LogP contribution in [0.15, 0.2) is 42.7 Å². The number of fused-ring (bicyclic) bond motifs is 7. The highest BCUT2D eigenvalue weighted by molar-refractivity contribution is 6.31.